The van der Waals surface area contributed by atoms with E-state index >= 15 is 0 Å². The first-order valence-corrected chi connectivity index (χ1v) is 5.36. The van der Waals surface area contributed by atoms with Gasteiger partial charge >= 0.3 is 0 Å². The second-order valence-electron chi connectivity index (χ2n) is 5.12. The number of non-ortho nitro benzene ring substituents is 1. The monoisotopic (exact) mass is 220 g/mol. The van der Waals surface area contributed by atoms with E-state index in [4.69, 9.17) is 5.73 Å². The Labute approximate surface area is 94.6 Å². The molecule has 0 saturated heterocycles. The second kappa shape index (κ2) is 3.28. The summed E-state index contributed by atoms with van der Waals surface area (Å²) in [6.45, 7) is 6.17. The van der Waals surface area contributed by atoms with Gasteiger partial charge in [0.15, 0.2) is 0 Å². The Balaban J connectivity index is 2.42. The van der Waals surface area contributed by atoms with Crippen LogP contribution in [0, 0.1) is 22.5 Å². The molecule has 2 N–H and O–H groups in total. The van der Waals surface area contributed by atoms with Gasteiger partial charge in [0.1, 0.15) is 0 Å². The standard InChI is InChI=1S/C12H16N2O2/c1-7-4-5-8(14(15)16)6-9(7)10-11(13)12(10,2)3/h4-6,10-11H,13H2,1-3H3/t10-,11-/m0/s1. The maximum Gasteiger partial charge on any atom is 0.269 e. The first-order valence-electron chi connectivity index (χ1n) is 5.36. The number of nitrogens with zero attached hydrogens (tertiary/aromatic N) is 1. The predicted molar refractivity (Wildman–Crippen MR) is 62.3 cm³/mol. The Morgan fingerprint density at radius 2 is 2.00 bits per heavy atom. The molecule has 0 aliphatic heterocycles. The molecule has 0 spiro atoms. The molecular formula is C12H16N2O2. The van der Waals surface area contributed by atoms with E-state index in [-0.39, 0.29) is 28.0 Å². The molecule has 1 aliphatic carbocycles. The van der Waals surface area contributed by atoms with Crippen LogP contribution in [0.4, 0.5) is 5.69 Å². The minimum atomic E-state index is -0.357. The van der Waals surface area contributed by atoms with E-state index in [9.17, 15) is 10.1 Å². The van der Waals surface area contributed by atoms with Gasteiger partial charge in [0.2, 0.25) is 0 Å². The second-order valence-corrected chi connectivity index (χ2v) is 5.12. The van der Waals surface area contributed by atoms with Crippen molar-refractivity contribution < 1.29 is 4.92 Å². The van der Waals surface area contributed by atoms with E-state index in [0.717, 1.165) is 11.1 Å². The van der Waals surface area contributed by atoms with Gasteiger partial charge < -0.3 is 5.73 Å². The van der Waals surface area contributed by atoms with Gasteiger partial charge in [-0.05, 0) is 23.5 Å². The highest BCUT2D eigenvalue weighted by atomic mass is 16.6. The van der Waals surface area contributed by atoms with Crippen molar-refractivity contribution in [2.75, 3.05) is 0 Å². The van der Waals surface area contributed by atoms with Crippen LogP contribution in [0.1, 0.15) is 30.9 Å². The minimum Gasteiger partial charge on any atom is -0.327 e. The molecule has 1 aromatic carbocycles. The maximum atomic E-state index is 10.7. The summed E-state index contributed by atoms with van der Waals surface area (Å²) in [6, 6.07) is 5.11. The van der Waals surface area contributed by atoms with Gasteiger partial charge in [-0.25, -0.2) is 0 Å². The molecule has 0 heterocycles. The van der Waals surface area contributed by atoms with Crippen LogP contribution in [0.3, 0.4) is 0 Å². The van der Waals surface area contributed by atoms with Crippen molar-refractivity contribution in [2.24, 2.45) is 11.1 Å². The van der Waals surface area contributed by atoms with E-state index in [1.165, 1.54) is 0 Å². The number of rotatable bonds is 2. The Morgan fingerprint density at radius 1 is 1.44 bits per heavy atom. The number of benzene rings is 1. The van der Waals surface area contributed by atoms with Gasteiger partial charge in [-0.1, -0.05) is 19.9 Å². The largest absolute Gasteiger partial charge is 0.327 e. The van der Waals surface area contributed by atoms with Gasteiger partial charge in [0.05, 0.1) is 4.92 Å². The predicted octanol–water partition coefficient (Wildman–Crippen LogP) is 2.35. The molecular weight excluding hydrogens is 204 g/mol. The van der Waals surface area contributed by atoms with Crippen molar-refractivity contribution in [3.05, 3.63) is 39.4 Å². The quantitative estimate of drug-likeness (QED) is 0.614. The third-order valence-corrected chi connectivity index (χ3v) is 3.72. The van der Waals surface area contributed by atoms with E-state index < -0.39 is 0 Å². The number of nitrogens with two attached hydrogens (primary N) is 1. The van der Waals surface area contributed by atoms with E-state index in [2.05, 4.69) is 13.8 Å². The van der Waals surface area contributed by atoms with Crippen LogP contribution in [0.2, 0.25) is 0 Å². The molecule has 0 amide bonds. The zero-order chi connectivity index (χ0) is 12.1. The molecule has 0 bridgehead atoms. The molecule has 1 fully saturated rings. The molecule has 4 nitrogen and oxygen atoms in total. The van der Waals surface area contributed by atoms with Crippen molar-refractivity contribution >= 4 is 5.69 Å². The summed E-state index contributed by atoms with van der Waals surface area (Å²) in [7, 11) is 0. The van der Waals surface area contributed by atoms with Crippen molar-refractivity contribution in [1.29, 1.82) is 0 Å². The van der Waals surface area contributed by atoms with Crippen LogP contribution in [-0.2, 0) is 0 Å². The fourth-order valence-corrected chi connectivity index (χ4v) is 2.35. The summed E-state index contributed by atoms with van der Waals surface area (Å²) in [6.07, 6.45) is 0. The zero-order valence-electron chi connectivity index (χ0n) is 9.73. The Morgan fingerprint density at radius 3 is 2.44 bits per heavy atom. The fourth-order valence-electron chi connectivity index (χ4n) is 2.35. The highest BCUT2D eigenvalue weighted by Gasteiger charge is 2.56. The topological polar surface area (TPSA) is 69.2 Å². The smallest absolute Gasteiger partial charge is 0.269 e. The molecule has 1 aromatic rings. The van der Waals surface area contributed by atoms with Crippen molar-refractivity contribution in [3.63, 3.8) is 0 Å². The van der Waals surface area contributed by atoms with Crippen LogP contribution in [0.5, 0.6) is 0 Å². The average Bonchev–Trinajstić information content (AvgIpc) is 2.67. The number of nitro groups is 1. The molecule has 2 atom stereocenters. The summed E-state index contributed by atoms with van der Waals surface area (Å²) in [5, 5.41) is 10.7. The summed E-state index contributed by atoms with van der Waals surface area (Å²) in [5.41, 5.74) is 8.31. The number of hydrogen-bond acceptors (Lipinski definition) is 3. The van der Waals surface area contributed by atoms with Gasteiger partial charge in [-0.3, -0.25) is 10.1 Å². The van der Waals surface area contributed by atoms with Crippen LogP contribution in [0.25, 0.3) is 0 Å². The fraction of sp³-hybridized carbons (Fsp3) is 0.500. The molecule has 2 rings (SSSR count). The lowest BCUT2D eigenvalue weighted by Gasteiger charge is -2.06. The normalized spacial score (nSPS) is 26.5. The molecule has 0 unspecified atom stereocenters. The molecule has 0 aromatic heterocycles. The molecule has 86 valence electrons. The Bertz CT molecular complexity index is 454. The van der Waals surface area contributed by atoms with Crippen molar-refractivity contribution in [1.82, 2.24) is 0 Å². The average molecular weight is 220 g/mol. The third kappa shape index (κ3) is 1.50. The molecule has 1 aliphatic rings. The zero-order valence-corrected chi connectivity index (χ0v) is 9.73. The molecule has 4 heteroatoms. The SMILES string of the molecule is Cc1ccc([N+](=O)[O-])cc1[C@H]1[C@H](N)C1(C)C. The first kappa shape index (κ1) is 11.1. The Hall–Kier alpha value is -1.42. The first-order chi connectivity index (χ1) is 7.35. The lowest BCUT2D eigenvalue weighted by atomic mass is 9.98. The Kier molecular flexibility index (Phi) is 2.27. The van der Waals surface area contributed by atoms with E-state index in [0.29, 0.717) is 0 Å². The van der Waals surface area contributed by atoms with Crippen LogP contribution >= 0.6 is 0 Å². The summed E-state index contributed by atoms with van der Waals surface area (Å²) in [5.74, 6) is 0.243. The molecule has 16 heavy (non-hydrogen) atoms. The van der Waals surface area contributed by atoms with Gasteiger partial charge in [0.25, 0.3) is 5.69 Å². The van der Waals surface area contributed by atoms with E-state index in [1.54, 1.807) is 18.2 Å². The summed E-state index contributed by atoms with van der Waals surface area (Å²) < 4.78 is 0. The van der Waals surface area contributed by atoms with Gasteiger partial charge in [-0.2, -0.15) is 0 Å². The van der Waals surface area contributed by atoms with E-state index in [1.807, 2.05) is 6.92 Å². The minimum absolute atomic E-state index is 0.0555. The van der Waals surface area contributed by atoms with Crippen molar-refractivity contribution in [2.45, 2.75) is 32.7 Å². The van der Waals surface area contributed by atoms with Crippen LogP contribution in [0.15, 0.2) is 18.2 Å². The summed E-state index contributed by atoms with van der Waals surface area (Å²) in [4.78, 5) is 10.4. The highest BCUT2D eigenvalue weighted by molar-refractivity contribution is 5.46. The highest BCUT2D eigenvalue weighted by Crippen LogP contribution is 2.58. The lowest BCUT2D eigenvalue weighted by Crippen LogP contribution is -2.06. The maximum absolute atomic E-state index is 10.7. The molecule has 0 radical (unpaired) electrons. The number of nitro benzene ring substituents is 1. The van der Waals surface area contributed by atoms with Crippen LogP contribution < -0.4 is 5.73 Å². The van der Waals surface area contributed by atoms with Crippen molar-refractivity contribution in [3.8, 4) is 0 Å². The number of hydrogen-bond donors (Lipinski definition) is 1. The number of aryl methyl sites for hydroxylation is 1. The van der Waals surface area contributed by atoms with Gasteiger partial charge in [0, 0.05) is 24.1 Å². The summed E-state index contributed by atoms with van der Waals surface area (Å²) >= 11 is 0. The molecule has 1 saturated carbocycles. The van der Waals surface area contributed by atoms with Crippen LogP contribution in [-0.4, -0.2) is 11.0 Å². The third-order valence-electron chi connectivity index (χ3n) is 3.72. The van der Waals surface area contributed by atoms with Gasteiger partial charge in [-0.15, -0.1) is 0 Å². The lowest BCUT2D eigenvalue weighted by molar-refractivity contribution is -0.384.